The summed E-state index contributed by atoms with van der Waals surface area (Å²) in [4.78, 5) is 22.8. The van der Waals surface area contributed by atoms with Gasteiger partial charge in [-0.25, -0.2) is 0 Å². The highest BCUT2D eigenvalue weighted by molar-refractivity contribution is 7.16. The molecule has 0 radical (unpaired) electrons. The number of hydrogen-bond donors (Lipinski definition) is 1. The molecular weight excluding hydrogens is 290 g/mol. The van der Waals surface area contributed by atoms with Gasteiger partial charge in [-0.1, -0.05) is 12.1 Å². The summed E-state index contributed by atoms with van der Waals surface area (Å²) in [5, 5.41) is 19.6. The summed E-state index contributed by atoms with van der Waals surface area (Å²) < 4.78 is 0. The molecular formula is C14H9N3O3S. The van der Waals surface area contributed by atoms with Crippen molar-refractivity contribution in [3.63, 3.8) is 0 Å². The smallest absolute Gasteiger partial charge is 0.270 e. The second-order valence-electron chi connectivity index (χ2n) is 4.04. The zero-order chi connectivity index (χ0) is 15.4. The Morgan fingerprint density at radius 3 is 2.76 bits per heavy atom. The van der Waals surface area contributed by atoms with Crippen molar-refractivity contribution in [3.05, 3.63) is 57.0 Å². The van der Waals surface area contributed by atoms with E-state index in [1.807, 2.05) is 0 Å². The van der Waals surface area contributed by atoms with Crippen LogP contribution < -0.4 is 5.73 Å². The van der Waals surface area contributed by atoms with Gasteiger partial charge in [0, 0.05) is 21.9 Å². The van der Waals surface area contributed by atoms with E-state index in [0.717, 1.165) is 4.88 Å². The summed E-state index contributed by atoms with van der Waals surface area (Å²) in [5.74, 6) is -0.789. The maximum Gasteiger partial charge on any atom is 0.270 e. The van der Waals surface area contributed by atoms with Crippen molar-refractivity contribution < 1.29 is 9.72 Å². The molecule has 2 aromatic rings. The molecule has 1 aromatic carbocycles. The van der Waals surface area contributed by atoms with E-state index in [2.05, 4.69) is 0 Å². The Bertz CT molecular complexity index is 787. The molecule has 0 fully saturated rings. The molecule has 0 spiro atoms. The van der Waals surface area contributed by atoms with Crippen molar-refractivity contribution in [3.8, 4) is 16.5 Å². The molecule has 7 heteroatoms. The van der Waals surface area contributed by atoms with Crippen molar-refractivity contribution in [1.82, 2.24) is 0 Å². The van der Waals surface area contributed by atoms with Gasteiger partial charge in [-0.15, -0.1) is 11.3 Å². The highest BCUT2D eigenvalue weighted by atomic mass is 32.1. The molecule has 0 unspecified atom stereocenters. The van der Waals surface area contributed by atoms with E-state index in [1.165, 1.54) is 29.5 Å². The lowest BCUT2D eigenvalue weighted by atomic mass is 10.1. The lowest BCUT2D eigenvalue weighted by Gasteiger charge is -1.97. The summed E-state index contributed by atoms with van der Waals surface area (Å²) in [7, 11) is 0. The molecule has 0 aliphatic rings. The van der Waals surface area contributed by atoms with Crippen LogP contribution in [0.15, 0.2) is 42.0 Å². The molecule has 1 heterocycles. The normalized spacial score (nSPS) is 10.9. The Hall–Kier alpha value is -2.98. The van der Waals surface area contributed by atoms with Gasteiger partial charge >= 0.3 is 0 Å². The molecule has 2 rings (SSSR count). The van der Waals surface area contributed by atoms with Gasteiger partial charge in [0.25, 0.3) is 11.6 Å². The van der Waals surface area contributed by atoms with Crippen LogP contribution in [0.3, 0.4) is 0 Å². The third-order valence-electron chi connectivity index (χ3n) is 2.64. The van der Waals surface area contributed by atoms with Crippen molar-refractivity contribution in [1.29, 1.82) is 5.26 Å². The highest BCUT2D eigenvalue weighted by Gasteiger charge is 2.09. The number of nitriles is 1. The van der Waals surface area contributed by atoms with Crippen LogP contribution in [0, 0.1) is 21.4 Å². The fourth-order valence-corrected chi connectivity index (χ4v) is 2.61. The first-order valence-electron chi connectivity index (χ1n) is 5.77. The maximum absolute atomic E-state index is 11.0. The molecule has 6 nitrogen and oxygen atoms in total. The van der Waals surface area contributed by atoms with E-state index in [-0.39, 0.29) is 11.3 Å². The average Bonchev–Trinajstić information content (AvgIpc) is 2.93. The molecule has 21 heavy (non-hydrogen) atoms. The van der Waals surface area contributed by atoms with Gasteiger partial charge in [-0.2, -0.15) is 5.26 Å². The Balaban J connectivity index is 2.37. The van der Waals surface area contributed by atoms with E-state index in [9.17, 15) is 14.9 Å². The number of non-ortho nitro benzene ring substituents is 1. The van der Waals surface area contributed by atoms with Crippen LogP contribution in [0.1, 0.15) is 4.88 Å². The molecule has 0 aliphatic heterocycles. The van der Waals surface area contributed by atoms with Gasteiger partial charge in [0.05, 0.1) is 4.92 Å². The van der Waals surface area contributed by atoms with Crippen molar-refractivity contribution in [2.24, 2.45) is 5.73 Å². The monoisotopic (exact) mass is 299 g/mol. The fraction of sp³-hybridized carbons (Fsp3) is 0. The minimum Gasteiger partial charge on any atom is -0.365 e. The first-order chi connectivity index (χ1) is 10.0. The molecule has 0 atom stereocenters. The zero-order valence-electron chi connectivity index (χ0n) is 10.6. The van der Waals surface area contributed by atoms with E-state index in [1.54, 1.807) is 30.3 Å². The van der Waals surface area contributed by atoms with E-state index >= 15 is 0 Å². The van der Waals surface area contributed by atoms with Crippen LogP contribution in [0.25, 0.3) is 16.5 Å². The summed E-state index contributed by atoms with van der Waals surface area (Å²) in [6.45, 7) is 0. The van der Waals surface area contributed by atoms with Gasteiger partial charge < -0.3 is 5.73 Å². The second-order valence-corrected chi connectivity index (χ2v) is 5.16. The van der Waals surface area contributed by atoms with E-state index in [0.29, 0.717) is 10.4 Å². The Kier molecular flexibility index (Phi) is 4.11. The number of thiophene rings is 1. The molecule has 1 aromatic heterocycles. The minimum absolute atomic E-state index is 0.00726. The Morgan fingerprint density at radius 1 is 1.38 bits per heavy atom. The molecule has 1 amide bonds. The number of amides is 1. The number of carbonyl (C=O) groups excluding carboxylic acids is 1. The fourth-order valence-electron chi connectivity index (χ4n) is 1.66. The van der Waals surface area contributed by atoms with Crippen molar-refractivity contribution >= 4 is 29.0 Å². The topological polar surface area (TPSA) is 110 Å². The van der Waals surface area contributed by atoms with Gasteiger partial charge in [0.15, 0.2) is 0 Å². The van der Waals surface area contributed by atoms with Gasteiger partial charge in [0.2, 0.25) is 0 Å². The summed E-state index contributed by atoms with van der Waals surface area (Å²) in [5.41, 5.74) is 5.64. The standard InChI is InChI=1S/C14H9N3O3S/c15-8-10(14(16)18)7-12-4-5-13(21-12)9-2-1-3-11(6-9)17(19)20/h1-7H,(H2,16,18)/b10-7+. The van der Waals surface area contributed by atoms with Crippen LogP contribution >= 0.6 is 11.3 Å². The molecule has 104 valence electrons. The molecule has 0 bridgehead atoms. The molecule has 2 N–H and O–H groups in total. The number of nitro groups is 1. The lowest BCUT2D eigenvalue weighted by molar-refractivity contribution is -0.384. The van der Waals surface area contributed by atoms with Crippen LogP contribution in [0.4, 0.5) is 5.69 Å². The van der Waals surface area contributed by atoms with Crippen LogP contribution in [0.2, 0.25) is 0 Å². The van der Waals surface area contributed by atoms with Gasteiger partial charge in [-0.3, -0.25) is 14.9 Å². The quantitative estimate of drug-likeness (QED) is 0.405. The summed E-state index contributed by atoms with van der Waals surface area (Å²) in [6.07, 6.45) is 1.40. The number of primary amides is 1. The zero-order valence-corrected chi connectivity index (χ0v) is 11.5. The molecule has 0 aliphatic carbocycles. The first kappa shape index (κ1) is 14.4. The Morgan fingerprint density at radius 2 is 2.14 bits per heavy atom. The van der Waals surface area contributed by atoms with Crippen LogP contribution in [-0.4, -0.2) is 10.8 Å². The van der Waals surface area contributed by atoms with Crippen LogP contribution in [0.5, 0.6) is 0 Å². The van der Waals surface area contributed by atoms with Crippen LogP contribution in [-0.2, 0) is 4.79 Å². The number of hydrogen-bond acceptors (Lipinski definition) is 5. The van der Waals surface area contributed by atoms with Gasteiger partial charge in [-0.05, 0) is 23.8 Å². The third kappa shape index (κ3) is 3.32. The van der Waals surface area contributed by atoms with E-state index in [4.69, 9.17) is 11.0 Å². The second kappa shape index (κ2) is 5.98. The number of nitrogens with two attached hydrogens (primary N) is 1. The number of nitrogens with zero attached hydrogens (tertiary/aromatic N) is 2. The predicted octanol–water partition coefficient (Wildman–Crippen LogP) is 2.72. The maximum atomic E-state index is 11.0. The SMILES string of the molecule is N#C/C(=C\c1ccc(-c2cccc([N+](=O)[O-])c2)s1)C(N)=O. The van der Waals surface area contributed by atoms with Crippen molar-refractivity contribution in [2.75, 3.05) is 0 Å². The minimum atomic E-state index is -0.789. The average molecular weight is 299 g/mol. The van der Waals surface area contributed by atoms with Gasteiger partial charge in [0.1, 0.15) is 11.6 Å². The number of carbonyl (C=O) groups is 1. The summed E-state index contributed by atoms with van der Waals surface area (Å²) in [6, 6.07) is 11.5. The number of nitro benzene ring substituents is 1. The highest BCUT2D eigenvalue weighted by Crippen LogP contribution is 2.31. The predicted molar refractivity (Wildman–Crippen MR) is 79.2 cm³/mol. The number of rotatable bonds is 4. The Labute approximate surface area is 123 Å². The molecule has 0 saturated carbocycles. The summed E-state index contributed by atoms with van der Waals surface area (Å²) >= 11 is 1.31. The van der Waals surface area contributed by atoms with E-state index < -0.39 is 10.8 Å². The largest absolute Gasteiger partial charge is 0.365 e. The number of benzene rings is 1. The van der Waals surface area contributed by atoms with Crippen molar-refractivity contribution in [2.45, 2.75) is 0 Å². The first-order valence-corrected chi connectivity index (χ1v) is 6.59. The lowest BCUT2D eigenvalue weighted by Crippen LogP contribution is -2.12. The molecule has 0 saturated heterocycles. The third-order valence-corrected chi connectivity index (χ3v) is 3.72.